The van der Waals surface area contributed by atoms with Crippen LogP contribution in [0.25, 0.3) is 5.57 Å². The Kier molecular flexibility index (Phi) is 5.00. The lowest BCUT2D eigenvalue weighted by molar-refractivity contribution is -0.110. The monoisotopic (exact) mass is 341 g/mol. The number of rotatable bonds is 6. The molecule has 0 aromatic heterocycles. The van der Waals surface area contributed by atoms with Gasteiger partial charge in [-0.05, 0) is 42.5 Å². The van der Waals surface area contributed by atoms with Crippen LogP contribution in [0.1, 0.15) is 5.56 Å². The minimum absolute atomic E-state index is 0.246. The SMILES string of the molecule is COCCN(C)c1ccc(NC=C2C(=O)Nc3cc(F)ccc32)cc1. The number of methoxy groups -OCH3 is 1. The first-order valence-corrected chi connectivity index (χ1v) is 7.96. The molecule has 2 N–H and O–H groups in total. The quantitative estimate of drug-likeness (QED) is 0.792. The number of fused-ring (bicyclic) bond motifs is 1. The van der Waals surface area contributed by atoms with Crippen LogP contribution in [0, 0.1) is 5.82 Å². The molecule has 2 aromatic carbocycles. The van der Waals surface area contributed by atoms with Crippen molar-refractivity contribution in [2.45, 2.75) is 0 Å². The van der Waals surface area contributed by atoms with Gasteiger partial charge in [0.25, 0.3) is 5.91 Å². The Bertz CT molecular complexity index is 803. The van der Waals surface area contributed by atoms with Gasteiger partial charge in [0.2, 0.25) is 0 Å². The van der Waals surface area contributed by atoms with Crippen molar-refractivity contribution in [3.63, 3.8) is 0 Å². The van der Waals surface area contributed by atoms with Gasteiger partial charge in [-0.25, -0.2) is 4.39 Å². The van der Waals surface area contributed by atoms with Gasteiger partial charge in [-0.2, -0.15) is 0 Å². The molecule has 0 spiro atoms. The van der Waals surface area contributed by atoms with E-state index in [0.717, 1.165) is 17.9 Å². The molecule has 0 aliphatic carbocycles. The summed E-state index contributed by atoms with van der Waals surface area (Å²) in [4.78, 5) is 14.1. The van der Waals surface area contributed by atoms with Gasteiger partial charge >= 0.3 is 0 Å². The van der Waals surface area contributed by atoms with Crippen LogP contribution in [-0.2, 0) is 9.53 Å². The van der Waals surface area contributed by atoms with Gasteiger partial charge in [0, 0.05) is 43.8 Å². The second-order valence-corrected chi connectivity index (χ2v) is 5.81. The number of hydrogen-bond donors (Lipinski definition) is 2. The number of carbonyl (C=O) groups excluding carboxylic acids is 1. The highest BCUT2D eigenvalue weighted by Crippen LogP contribution is 2.32. The number of hydrogen-bond acceptors (Lipinski definition) is 4. The first kappa shape index (κ1) is 17.0. The summed E-state index contributed by atoms with van der Waals surface area (Å²) < 4.78 is 18.3. The number of nitrogens with one attached hydrogen (secondary N) is 2. The highest BCUT2D eigenvalue weighted by atomic mass is 19.1. The van der Waals surface area contributed by atoms with Crippen molar-refractivity contribution >= 4 is 28.5 Å². The van der Waals surface area contributed by atoms with E-state index in [4.69, 9.17) is 4.74 Å². The van der Waals surface area contributed by atoms with E-state index in [1.165, 1.54) is 12.1 Å². The molecule has 0 saturated carbocycles. The van der Waals surface area contributed by atoms with Crippen LogP contribution in [0.5, 0.6) is 0 Å². The molecule has 1 heterocycles. The highest BCUT2D eigenvalue weighted by Gasteiger charge is 2.24. The lowest BCUT2D eigenvalue weighted by Crippen LogP contribution is -2.21. The number of likely N-dealkylation sites (N-methyl/N-ethyl adjacent to an activating group) is 1. The fraction of sp³-hybridized carbons (Fsp3) is 0.211. The van der Waals surface area contributed by atoms with E-state index < -0.39 is 0 Å². The van der Waals surface area contributed by atoms with Crippen LogP contribution < -0.4 is 15.5 Å². The second kappa shape index (κ2) is 7.36. The molecule has 1 aliphatic rings. The molecule has 0 fully saturated rings. The molecular formula is C19H20FN3O2. The fourth-order valence-corrected chi connectivity index (χ4v) is 2.63. The molecule has 3 rings (SSSR count). The summed E-state index contributed by atoms with van der Waals surface area (Å²) in [6, 6.07) is 12.1. The van der Waals surface area contributed by atoms with Crippen molar-refractivity contribution in [3.8, 4) is 0 Å². The Morgan fingerprint density at radius 1 is 1.24 bits per heavy atom. The van der Waals surface area contributed by atoms with Gasteiger partial charge in [-0.15, -0.1) is 0 Å². The third-order valence-electron chi connectivity index (χ3n) is 4.09. The van der Waals surface area contributed by atoms with Gasteiger partial charge in [0.15, 0.2) is 0 Å². The van der Waals surface area contributed by atoms with Gasteiger partial charge in [0.05, 0.1) is 17.9 Å². The van der Waals surface area contributed by atoms with Crippen molar-refractivity contribution in [3.05, 3.63) is 60.0 Å². The number of halogens is 1. The average molecular weight is 341 g/mol. The number of benzene rings is 2. The molecule has 0 atom stereocenters. The van der Waals surface area contributed by atoms with E-state index in [1.54, 1.807) is 19.4 Å². The predicted octanol–water partition coefficient (Wildman–Crippen LogP) is 3.31. The standard InChI is InChI=1S/C19H20FN3O2/c1-23(9-10-25-2)15-6-4-14(5-7-15)21-12-17-16-8-3-13(20)11-18(16)22-19(17)24/h3-8,11-12,21H,9-10H2,1-2H3,(H,22,24). The summed E-state index contributed by atoms with van der Waals surface area (Å²) in [5.74, 6) is -0.620. The molecule has 130 valence electrons. The lowest BCUT2D eigenvalue weighted by Gasteiger charge is -2.19. The maximum Gasteiger partial charge on any atom is 0.257 e. The second-order valence-electron chi connectivity index (χ2n) is 5.81. The summed E-state index contributed by atoms with van der Waals surface area (Å²) in [6.07, 6.45) is 1.64. The first-order chi connectivity index (χ1) is 12.1. The molecule has 1 amide bonds. The number of anilines is 3. The molecule has 0 bridgehead atoms. The third-order valence-corrected chi connectivity index (χ3v) is 4.09. The average Bonchev–Trinajstić information content (AvgIpc) is 2.92. The van der Waals surface area contributed by atoms with E-state index in [9.17, 15) is 9.18 Å². The van der Waals surface area contributed by atoms with E-state index in [-0.39, 0.29) is 11.7 Å². The Hall–Kier alpha value is -2.86. The predicted molar refractivity (Wildman–Crippen MR) is 98.2 cm³/mol. The molecule has 6 heteroatoms. The smallest absolute Gasteiger partial charge is 0.257 e. The van der Waals surface area contributed by atoms with Crippen LogP contribution in [0.15, 0.2) is 48.7 Å². The zero-order chi connectivity index (χ0) is 17.8. The third kappa shape index (κ3) is 3.80. The highest BCUT2D eigenvalue weighted by molar-refractivity contribution is 6.31. The fourth-order valence-electron chi connectivity index (χ4n) is 2.63. The normalized spacial score (nSPS) is 14.4. The van der Waals surface area contributed by atoms with Gasteiger partial charge in [-0.1, -0.05) is 0 Å². The van der Waals surface area contributed by atoms with Crippen LogP contribution in [-0.4, -0.2) is 33.2 Å². The Balaban J connectivity index is 1.71. The summed E-state index contributed by atoms with van der Waals surface area (Å²) in [7, 11) is 3.68. The zero-order valence-electron chi connectivity index (χ0n) is 14.2. The Morgan fingerprint density at radius 2 is 2.00 bits per heavy atom. The van der Waals surface area contributed by atoms with Crippen LogP contribution in [0.4, 0.5) is 21.5 Å². The minimum Gasteiger partial charge on any atom is -0.383 e. The van der Waals surface area contributed by atoms with E-state index in [0.29, 0.717) is 23.4 Å². The summed E-state index contributed by atoms with van der Waals surface area (Å²) in [6.45, 7) is 1.47. The number of ether oxygens (including phenoxy) is 1. The summed E-state index contributed by atoms with van der Waals surface area (Å²) >= 11 is 0. The van der Waals surface area contributed by atoms with E-state index >= 15 is 0 Å². The van der Waals surface area contributed by atoms with Crippen LogP contribution >= 0.6 is 0 Å². The summed E-state index contributed by atoms with van der Waals surface area (Å²) in [5.41, 5.74) is 3.61. The van der Waals surface area contributed by atoms with Crippen molar-refractivity contribution < 1.29 is 13.9 Å². The molecule has 0 saturated heterocycles. The van der Waals surface area contributed by atoms with Gasteiger partial charge in [-0.3, -0.25) is 4.79 Å². The molecular weight excluding hydrogens is 321 g/mol. The first-order valence-electron chi connectivity index (χ1n) is 7.96. The maximum absolute atomic E-state index is 13.2. The maximum atomic E-state index is 13.2. The van der Waals surface area contributed by atoms with Crippen molar-refractivity contribution in [2.75, 3.05) is 42.8 Å². The molecule has 1 aliphatic heterocycles. The molecule has 0 radical (unpaired) electrons. The Labute approximate surface area is 146 Å². The minimum atomic E-state index is -0.374. The van der Waals surface area contributed by atoms with Crippen molar-refractivity contribution in [2.24, 2.45) is 0 Å². The number of carbonyl (C=O) groups is 1. The number of amides is 1. The van der Waals surface area contributed by atoms with Crippen molar-refractivity contribution in [1.82, 2.24) is 0 Å². The molecule has 0 unspecified atom stereocenters. The van der Waals surface area contributed by atoms with Gasteiger partial charge < -0.3 is 20.3 Å². The van der Waals surface area contributed by atoms with Crippen LogP contribution in [0.2, 0.25) is 0 Å². The molecule has 25 heavy (non-hydrogen) atoms. The van der Waals surface area contributed by atoms with Gasteiger partial charge in [0.1, 0.15) is 5.82 Å². The largest absolute Gasteiger partial charge is 0.383 e. The van der Waals surface area contributed by atoms with E-state index in [1.807, 2.05) is 31.3 Å². The van der Waals surface area contributed by atoms with Crippen LogP contribution in [0.3, 0.4) is 0 Å². The Morgan fingerprint density at radius 3 is 2.72 bits per heavy atom. The van der Waals surface area contributed by atoms with Crippen molar-refractivity contribution in [1.29, 1.82) is 0 Å². The zero-order valence-corrected chi connectivity index (χ0v) is 14.2. The molecule has 5 nitrogen and oxygen atoms in total. The summed E-state index contributed by atoms with van der Waals surface area (Å²) in [5, 5.41) is 5.78. The topological polar surface area (TPSA) is 53.6 Å². The number of nitrogens with zero attached hydrogens (tertiary/aromatic N) is 1. The molecule has 2 aromatic rings. The lowest BCUT2D eigenvalue weighted by atomic mass is 10.1. The van der Waals surface area contributed by atoms with E-state index in [2.05, 4.69) is 15.5 Å².